The second-order valence-corrected chi connectivity index (χ2v) is 12.2. The zero-order valence-electron chi connectivity index (χ0n) is 19.0. The standard InChI is InChI=1S/C21H32F3N3O5S2/c22-21(23,24)33(28,29)20-16-18(34(25,30)31)8-9-19(20)27(17-6-2-1-3-7-17)11-5-4-10-26-12-14-32-15-13-26/h8-9,16-17H,1-7,10-15H2,(H2,25,30,31). The normalized spacial score (nSPS) is 19.3. The van der Waals surface area contributed by atoms with E-state index in [9.17, 15) is 30.0 Å². The van der Waals surface area contributed by atoms with Crippen LogP contribution < -0.4 is 10.0 Å². The molecule has 1 aromatic carbocycles. The zero-order chi connectivity index (χ0) is 25.0. The van der Waals surface area contributed by atoms with E-state index in [-0.39, 0.29) is 11.7 Å². The fourth-order valence-corrected chi connectivity index (χ4v) is 6.19. The predicted molar refractivity (Wildman–Crippen MR) is 122 cm³/mol. The molecule has 0 aromatic heterocycles. The van der Waals surface area contributed by atoms with E-state index in [1.54, 1.807) is 4.90 Å². The summed E-state index contributed by atoms with van der Waals surface area (Å²) in [6.45, 7) is 4.18. The summed E-state index contributed by atoms with van der Waals surface area (Å²) in [5, 5.41) is 5.09. The van der Waals surface area contributed by atoms with Crippen molar-refractivity contribution < 1.29 is 34.7 Å². The number of ether oxygens (including phenoxy) is 1. The van der Waals surface area contributed by atoms with Crippen LogP contribution in [0.4, 0.5) is 18.9 Å². The number of nitrogens with two attached hydrogens (primary N) is 1. The maximum absolute atomic E-state index is 13.5. The summed E-state index contributed by atoms with van der Waals surface area (Å²) in [6, 6.07) is 2.63. The lowest BCUT2D eigenvalue weighted by Crippen LogP contribution is -2.40. The molecule has 0 amide bonds. The minimum atomic E-state index is -5.81. The Labute approximate surface area is 199 Å². The molecule has 3 rings (SSSR count). The van der Waals surface area contributed by atoms with Crippen molar-refractivity contribution in [2.75, 3.05) is 44.3 Å². The van der Waals surface area contributed by atoms with Gasteiger partial charge in [0.2, 0.25) is 10.0 Å². The molecule has 0 bridgehead atoms. The molecule has 194 valence electrons. The molecule has 1 aromatic rings. The van der Waals surface area contributed by atoms with Gasteiger partial charge in [-0.05, 0) is 50.4 Å². The van der Waals surface area contributed by atoms with Gasteiger partial charge in [0.15, 0.2) is 0 Å². The Morgan fingerprint density at radius 1 is 1.03 bits per heavy atom. The Hall–Kier alpha value is -1.41. The van der Waals surface area contributed by atoms with Gasteiger partial charge in [0.25, 0.3) is 9.84 Å². The van der Waals surface area contributed by atoms with Crippen LogP contribution in [0.25, 0.3) is 0 Å². The Morgan fingerprint density at radius 2 is 1.68 bits per heavy atom. The van der Waals surface area contributed by atoms with Crippen LogP contribution in [0.3, 0.4) is 0 Å². The highest BCUT2D eigenvalue weighted by Crippen LogP contribution is 2.39. The zero-order valence-corrected chi connectivity index (χ0v) is 20.6. The van der Waals surface area contributed by atoms with Gasteiger partial charge in [-0.1, -0.05) is 19.3 Å². The van der Waals surface area contributed by atoms with Crippen molar-refractivity contribution in [1.29, 1.82) is 0 Å². The quantitative estimate of drug-likeness (QED) is 0.492. The maximum atomic E-state index is 13.5. The van der Waals surface area contributed by atoms with E-state index in [0.717, 1.165) is 70.3 Å². The lowest BCUT2D eigenvalue weighted by atomic mass is 9.93. The number of alkyl halides is 3. The van der Waals surface area contributed by atoms with Gasteiger partial charge in [-0.25, -0.2) is 22.0 Å². The van der Waals surface area contributed by atoms with Crippen molar-refractivity contribution in [3.05, 3.63) is 18.2 Å². The number of halogens is 3. The molecule has 2 fully saturated rings. The first kappa shape index (κ1) is 27.2. The van der Waals surface area contributed by atoms with Crippen molar-refractivity contribution in [1.82, 2.24) is 4.90 Å². The lowest BCUT2D eigenvalue weighted by molar-refractivity contribution is -0.0436. The summed E-state index contributed by atoms with van der Waals surface area (Å²) >= 11 is 0. The van der Waals surface area contributed by atoms with Crippen LogP contribution in [0, 0.1) is 0 Å². The molecule has 1 saturated carbocycles. The number of benzene rings is 1. The van der Waals surface area contributed by atoms with Crippen LogP contribution in [-0.4, -0.2) is 72.7 Å². The van der Waals surface area contributed by atoms with Crippen molar-refractivity contribution in [2.45, 2.75) is 66.3 Å². The van der Waals surface area contributed by atoms with Gasteiger partial charge in [-0.3, -0.25) is 4.90 Å². The molecular weight excluding hydrogens is 495 g/mol. The maximum Gasteiger partial charge on any atom is 0.501 e. The average Bonchev–Trinajstić information content (AvgIpc) is 2.79. The van der Waals surface area contributed by atoms with Gasteiger partial charge in [0, 0.05) is 25.7 Å². The second-order valence-electron chi connectivity index (χ2n) is 8.77. The van der Waals surface area contributed by atoms with E-state index in [1.807, 2.05) is 0 Å². The third-order valence-electron chi connectivity index (χ3n) is 6.41. The van der Waals surface area contributed by atoms with Crippen LogP contribution in [0.5, 0.6) is 0 Å². The Morgan fingerprint density at radius 3 is 2.26 bits per heavy atom. The van der Waals surface area contributed by atoms with Gasteiger partial charge >= 0.3 is 5.51 Å². The van der Waals surface area contributed by atoms with E-state index in [2.05, 4.69) is 4.90 Å². The lowest BCUT2D eigenvalue weighted by Gasteiger charge is -2.37. The number of sulfone groups is 1. The topological polar surface area (TPSA) is 110 Å². The van der Waals surface area contributed by atoms with Gasteiger partial charge in [-0.15, -0.1) is 0 Å². The van der Waals surface area contributed by atoms with Crippen molar-refractivity contribution in [3.8, 4) is 0 Å². The number of nitrogens with zero attached hydrogens (tertiary/aromatic N) is 2. The summed E-state index contributed by atoms with van der Waals surface area (Å²) in [5.41, 5.74) is -5.70. The molecule has 2 N–H and O–H groups in total. The van der Waals surface area contributed by atoms with Crippen LogP contribution in [0.2, 0.25) is 0 Å². The number of unbranched alkanes of at least 4 members (excludes halogenated alkanes) is 1. The highest BCUT2D eigenvalue weighted by molar-refractivity contribution is 7.92. The highest BCUT2D eigenvalue weighted by Gasteiger charge is 2.49. The molecule has 0 atom stereocenters. The van der Waals surface area contributed by atoms with E-state index < -0.39 is 35.2 Å². The summed E-state index contributed by atoms with van der Waals surface area (Å²) in [7, 11) is -10.2. The second kappa shape index (κ2) is 11.1. The molecule has 0 spiro atoms. The summed E-state index contributed by atoms with van der Waals surface area (Å²) in [6.07, 6.45) is 5.70. The number of hydrogen-bond donors (Lipinski definition) is 1. The number of sulfonamides is 1. The summed E-state index contributed by atoms with van der Waals surface area (Å²) in [4.78, 5) is 2.25. The average molecular weight is 528 g/mol. The van der Waals surface area contributed by atoms with Gasteiger partial charge in [0.1, 0.15) is 4.90 Å². The monoisotopic (exact) mass is 527 g/mol. The molecule has 13 heteroatoms. The fraction of sp³-hybridized carbons (Fsp3) is 0.714. The first-order chi connectivity index (χ1) is 15.9. The first-order valence-corrected chi connectivity index (χ1v) is 14.5. The predicted octanol–water partition coefficient (Wildman–Crippen LogP) is 2.88. The minimum Gasteiger partial charge on any atom is -0.379 e. The van der Waals surface area contributed by atoms with Crippen LogP contribution in [0.15, 0.2) is 28.0 Å². The fourth-order valence-electron chi connectivity index (χ4n) is 4.58. The van der Waals surface area contributed by atoms with Crippen molar-refractivity contribution >= 4 is 25.5 Å². The molecule has 1 aliphatic heterocycles. The molecule has 34 heavy (non-hydrogen) atoms. The molecular formula is C21H32F3N3O5S2. The van der Waals surface area contributed by atoms with Gasteiger partial charge < -0.3 is 9.64 Å². The largest absolute Gasteiger partial charge is 0.501 e. The van der Waals surface area contributed by atoms with Crippen LogP contribution >= 0.6 is 0 Å². The number of primary sulfonamides is 1. The summed E-state index contributed by atoms with van der Waals surface area (Å²) < 4.78 is 94.5. The van der Waals surface area contributed by atoms with Crippen LogP contribution in [0.1, 0.15) is 44.9 Å². The Kier molecular flexibility index (Phi) is 8.88. The van der Waals surface area contributed by atoms with Crippen LogP contribution in [-0.2, 0) is 24.6 Å². The summed E-state index contributed by atoms with van der Waals surface area (Å²) in [5.74, 6) is 0. The first-order valence-electron chi connectivity index (χ1n) is 11.5. The van der Waals surface area contributed by atoms with E-state index in [1.165, 1.54) is 0 Å². The molecule has 0 unspecified atom stereocenters. The van der Waals surface area contributed by atoms with Crippen molar-refractivity contribution in [2.24, 2.45) is 5.14 Å². The van der Waals surface area contributed by atoms with E-state index >= 15 is 0 Å². The third kappa shape index (κ3) is 6.62. The number of morpholine rings is 1. The number of hydrogen-bond acceptors (Lipinski definition) is 7. The van der Waals surface area contributed by atoms with Gasteiger partial charge in [-0.2, -0.15) is 13.2 Å². The minimum absolute atomic E-state index is 0.122. The molecule has 8 nitrogen and oxygen atoms in total. The smallest absolute Gasteiger partial charge is 0.379 e. The molecule has 2 aliphatic rings. The number of anilines is 1. The third-order valence-corrected chi connectivity index (χ3v) is 8.83. The Balaban J connectivity index is 1.93. The molecule has 1 heterocycles. The van der Waals surface area contributed by atoms with Gasteiger partial charge in [0.05, 0.1) is 23.8 Å². The number of rotatable bonds is 9. The molecule has 1 aliphatic carbocycles. The SMILES string of the molecule is NS(=O)(=O)c1ccc(N(CCCCN2CCOCC2)C2CCCCC2)c(S(=O)(=O)C(F)(F)F)c1. The highest BCUT2D eigenvalue weighted by atomic mass is 32.2. The molecule has 1 saturated heterocycles. The van der Waals surface area contributed by atoms with E-state index in [4.69, 9.17) is 9.88 Å². The molecule has 0 radical (unpaired) electrons. The Bertz CT molecular complexity index is 1040. The van der Waals surface area contributed by atoms with E-state index in [0.29, 0.717) is 32.2 Å². The van der Waals surface area contributed by atoms with Crippen molar-refractivity contribution in [3.63, 3.8) is 0 Å².